The third-order valence-corrected chi connectivity index (χ3v) is 9.73. The van der Waals surface area contributed by atoms with Gasteiger partial charge in [0.05, 0.1) is 17.9 Å². The molecule has 2 heterocycles. The van der Waals surface area contributed by atoms with Crippen LogP contribution in [0.1, 0.15) is 37.7 Å². The van der Waals surface area contributed by atoms with E-state index in [1.807, 2.05) is 18.2 Å². The highest BCUT2D eigenvalue weighted by molar-refractivity contribution is 7.89. The number of carbonyl (C=O) groups excluding carboxylic acids is 3. The molecule has 13 nitrogen and oxygen atoms in total. The highest BCUT2D eigenvalue weighted by Crippen LogP contribution is 2.28. The van der Waals surface area contributed by atoms with E-state index in [0.717, 1.165) is 23.8 Å². The van der Waals surface area contributed by atoms with E-state index >= 15 is 0 Å². The molecule has 2 aliphatic rings. The van der Waals surface area contributed by atoms with Crippen molar-refractivity contribution in [1.29, 1.82) is 5.41 Å². The number of nitrogens with one attached hydrogen (secondary N) is 4. The maximum absolute atomic E-state index is 14.0. The summed E-state index contributed by atoms with van der Waals surface area (Å²) in [7, 11) is -4.24. The molecule has 6 N–H and O–H groups in total. The summed E-state index contributed by atoms with van der Waals surface area (Å²) in [5.74, 6) is -1.52. The fraction of sp³-hybridized carbons (Fsp3) is 0.406. The van der Waals surface area contributed by atoms with Crippen molar-refractivity contribution < 1.29 is 22.8 Å². The van der Waals surface area contributed by atoms with E-state index in [9.17, 15) is 22.8 Å². The number of hydrogen-bond donors (Lipinski definition) is 5. The van der Waals surface area contributed by atoms with Gasteiger partial charge in [-0.3, -0.25) is 24.8 Å². The lowest BCUT2D eigenvalue weighted by atomic mass is 9.98. The number of piperidine rings is 1. The minimum atomic E-state index is -4.24. The van der Waals surface area contributed by atoms with Crippen molar-refractivity contribution in [3.05, 3.63) is 72.6 Å². The van der Waals surface area contributed by atoms with Gasteiger partial charge in [-0.15, -0.1) is 0 Å². The number of aromatic nitrogens is 1. The highest BCUT2D eigenvalue weighted by atomic mass is 32.2. The Morgan fingerprint density at radius 2 is 1.80 bits per heavy atom. The minimum Gasteiger partial charge on any atom is -0.370 e. The number of guanidine groups is 1. The Kier molecular flexibility index (Phi) is 10.5. The van der Waals surface area contributed by atoms with Crippen LogP contribution in [0.3, 0.4) is 0 Å². The largest absolute Gasteiger partial charge is 0.370 e. The third kappa shape index (κ3) is 8.79. The van der Waals surface area contributed by atoms with E-state index in [2.05, 4.69) is 20.3 Å². The van der Waals surface area contributed by atoms with Crippen molar-refractivity contribution in [1.82, 2.24) is 30.1 Å². The minimum absolute atomic E-state index is 0.0191. The van der Waals surface area contributed by atoms with Gasteiger partial charge >= 0.3 is 0 Å². The van der Waals surface area contributed by atoms with Gasteiger partial charge in [0.1, 0.15) is 6.04 Å². The molecule has 1 aromatic heterocycles. The molecular formula is C32H40N8O5S. The van der Waals surface area contributed by atoms with Crippen molar-refractivity contribution in [3.8, 4) is 0 Å². The van der Waals surface area contributed by atoms with Crippen LogP contribution in [-0.4, -0.2) is 85.1 Å². The second kappa shape index (κ2) is 14.7. The number of likely N-dealkylation sites (tertiary alicyclic amines) is 1. The lowest BCUT2D eigenvalue weighted by Gasteiger charge is -2.33. The van der Waals surface area contributed by atoms with Crippen molar-refractivity contribution >= 4 is 44.5 Å². The number of carbonyl (C=O) groups is 3. The Labute approximate surface area is 268 Å². The van der Waals surface area contributed by atoms with Gasteiger partial charge in [0.25, 0.3) is 0 Å². The van der Waals surface area contributed by atoms with Crippen molar-refractivity contribution in [3.63, 3.8) is 0 Å². The zero-order chi connectivity index (χ0) is 32.7. The van der Waals surface area contributed by atoms with Crippen LogP contribution in [0.2, 0.25) is 0 Å². The molecule has 14 heteroatoms. The molecule has 2 fully saturated rings. The summed E-state index contributed by atoms with van der Waals surface area (Å²) in [4.78, 5) is 47.3. The van der Waals surface area contributed by atoms with Crippen molar-refractivity contribution in [2.75, 3.05) is 26.2 Å². The molecular weight excluding hydrogens is 608 g/mol. The first-order valence-electron chi connectivity index (χ1n) is 15.4. The topological polar surface area (TPSA) is 191 Å². The Hall–Kier alpha value is -4.56. The molecule has 5 rings (SSSR count). The lowest BCUT2D eigenvalue weighted by Crippen LogP contribution is -2.53. The molecule has 1 saturated carbocycles. The Morgan fingerprint density at radius 3 is 2.52 bits per heavy atom. The van der Waals surface area contributed by atoms with E-state index in [1.54, 1.807) is 41.6 Å². The fourth-order valence-electron chi connectivity index (χ4n) is 5.62. The van der Waals surface area contributed by atoms with Gasteiger partial charge in [0, 0.05) is 44.6 Å². The average molecular weight is 649 g/mol. The van der Waals surface area contributed by atoms with Crippen LogP contribution in [0.4, 0.5) is 0 Å². The number of sulfonamides is 1. The van der Waals surface area contributed by atoms with Crippen molar-refractivity contribution in [2.45, 2.75) is 55.6 Å². The van der Waals surface area contributed by atoms with Crippen LogP contribution >= 0.6 is 0 Å². The first-order chi connectivity index (χ1) is 22.1. The number of nitrogens with zero attached hydrogens (tertiary/aromatic N) is 3. The van der Waals surface area contributed by atoms with Gasteiger partial charge < -0.3 is 26.2 Å². The average Bonchev–Trinajstić information content (AvgIpc) is 3.90. The predicted octanol–water partition coefficient (Wildman–Crippen LogP) is 1.30. The van der Waals surface area contributed by atoms with Crippen LogP contribution in [0.25, 0.3) is 10.8 Å². The van der Waals surface area contributed by atoms with Crippen LogP contribution in [0, 0.1) is 11.3 Å². The predicted molar refractivity (Wildman–Crippen MR) is 173 cm³/mol. The zero-order valence-electron chi connectivity index (χ0n) is 25.5. The molecule has 1 aliphatic carbocycles. The first kappa shape index (κ1) is 32.8. The molecule has 2 aromatic carbocycles. The van der Waals surface area contributed by atoms with E-state index in [0.29, 0.717) is 37.9 Å². The SMILES string of the molecule is N=C(N)N1CCC[C@@H](CNC(=O)C[C@H](NS(=O)(=O)c2ccc3ccccc3c2)C(=O)N(CC(=O)NCc2cccnc2)C2CC2)C1. The number of rotatable bonds is 13. The molecule has 2 atom stereocenters. The summed E-state index contributed by atoms with van der Waals surface area (Å²) < 4.78 is 29.7. The summed E-state index contributed by atoms with van der Waals surface area (Å²) in [6.07, 6.45) is 5.82. The van der Waals surface area contributed by atoms with Gasteiger partial charge in [-0.05, 0) is 66.1 Å². The molecule has 1 saturated heterocycles. The fourth-order valence-corrected chi connectivity index (χ4v) is 6.85. The number of hydrogen-bond acceptors (Lipinski definition) is 7. The lowest BCUT2D eigenvalue weighted by molar-refractivity contribution is -0.139. The van der Waals surface area contributed by atoms with Gasteiger partial charge in [0.2, 0.25) is 27.7 Å². The van der Waals surface area contributed by atoms with Crippen molar-refractivity contribution in [2.24, 2.45) is 11.7 Å². The molecule has 46 heavy (non-hydrogen) atoms. The van der Waals surface area contributed by atoms with Crippen LogP contribution in [-0.2, 0) is 31.0 Å². The Morgan fingerprint density at radius 1 is 1.02 bits per heavy atom. The van der Waals surface area contributed by atoms with Crippen LogP contribution in [0.15, 0.2) is 71.9 Å². The number of amides is 3. The van der Waals surface area contributed by atoms with Gasteiger partial charge in [-0.2, -0.15) is 4.72 Å². The maximum Gasteiger partial charge on any atom is 0.242 e. The van der Waals surface area contributed by atoms with Crippen LogP contribution < -0.4 is 21.1 Å². The summed E-state index contributed by atoms with van der Waals surface area (Å²) >= 11 is 0. The van der Waals surface area contributed by atoms with Gasteiger partial charge in [-0.25, -0.2) is 8.42 Å². The highest BCUT2D eigenvalue weighted by Gasteiger charge is 2.39. The molecule has 244 valence electrons. The third-order valence-electron chi connectivity index (χ3n) is 8.26. The number of pyridine rings is 1. The Balaban J connectivity index is 1.31. The molecule has 0 bridgehead atoms. The molecule has 1 aliphatic heterocycles. The second-order valence-corrected chi connectivity index (χ2v) is 13.6. The number of fused-ring (bicyclic) bond motifs is 1. The molecule has 0 radical (unpaired) electrons. The summed E-state index contributed by atoms with van der Waals surface area (Å²) in [6.45, 7) is 1.45. The molecule has 0 spiro atoms. The van der Waals surface area contributed by atoms with Gasteiger partial charge in [0.15, 0.2) is 5.96 Å². The van der Waals surface area contributed by atoms with Gasteiger partial charge in [-0.1, -0.05) is 36.4 Å². The number of nitrogens with two attached hydrogens (primary N) is 1. The van der Waals surface area contributed by atoms with E-state index in [4.69, 9.17) is 11.1 Å². The zero-order valence-corrected chi connectivity index (χ0v) is 26.3. The summed E-state index contributed by atoms with van der Waals surface area (Å²) in [6, 6.07) is 13.9. The Bertz CT molecular complexity index is 1680. The molecule has 0 unspecified atom stereocenters. The summed E-state index contributed by atoms with van der Waals surface area (Å²) in [5.41, 5.74) is 6.44. The van der Waals surface area contributed by atoms with E-state index in [-0.39, 0.29) is 35.9 Å². The quantitative estimate of drug-likeness (QED) is 0.135. The number of benzene rings is 2. The standard InChI is InChI=1S/C32H40N8O5S/c33-32(34)39-14-4-6-23(20-39)19-36-29(41)16-28(38-46(44,45)27-12-9-24-7-1-2-8-25(24)15-27)31(43)40(26-10-11-26)21-30(42)37-18-22-5-3-13-35-17-22/h1-3,5,7-9,12-13,15,17,23,26,28,38H,4,6,10-11,14,16,18-21H2,(H3,33,34)(H,36,41)(H,37,42)/t23-,28-/m0/s1. The normalized spacial score (nSPS) is 17.2. The molecule has 3 amide bonds. The molecule has 3 aromatic rings. The summed E-state index contributed by atoms with van der Waals surface area (Å²) in [5, 5.41) is 14.9. The maximum atomic E-state index is 14.0. The van der Waals surface area contributed by atoms with E-state index < -0.39 is 40.2 Å². The van der Waals surface area contributed by atoms with Crippen LogP contribution in [0.5, 0.6) is 0 Å². The second-order valence-electron chi connectivity index (χ2n) is 11.9. The smallest absolute Gasteiger partial charge is 0.242 e. The van der Waals surface area contributed by atoms with E-state index in [1.165, 1.54) is 17.0 Å². The first-order valence-corrected chi connectivity index (χ1v) is 16.9. The monoisotopic (exact) mass is 648 g/mol.